The first-order chi connectivity index (χ1) is 8.99. The van der Waals surface area contributed by atoms with Crippen LogP contribution in [0.2, 0.25) is 0 Å². The molecule has 100 valence electrons. The first-order valence-corrected chi connectivity index (χ1v) is 5.51. The molecule has 0 aliphatic carbocycles. The van der Waals surface area contributed by atoms with Crippen molar-refractivity contribution in [2.24, 2.45) is 12.8 Å². The van der Waals surface area contributed by atoms with Crippen LogP contribution in [-0.4, -0.2) is 26.5 Å². The highest BCUT2D eigenvalue weighted by Gasteiger charge is 2.14. The minimum atomic E-state index is -0.778. The van der Waals surface area contributed by atoms with E-state index in [4.69, 9.17) is 10.3 Å². The van der Waals surface area contributed by atoms with Crippen molar-refractivity contribution in [3.63, 3.8) is 0 Å². The lowest BCUT2D eigenvalue weighted by atomic mass is 10.2. The molecule has 0 aliphatic rings. The lowest BCUT2D eigenvalue weighted by molar-refractivity contribution is 0.0943. The molecule has 19 heavy (non-hydrogen) atoms. The summed E-state index contributed by atoms with van der Waals surface area (Å²) >= 11 is 0. The fourth-order valence-electron chi connectivity index (χ4n) is 1.53. The molecular weight excluding hydrogens is 250 g/mol. The smallest absolute Gasteiger partial charge is 0.290 e. The number of aromatic nitrogens is 3. The van der Waals surface area contributed by atoms with Crippen LogP contribution < -0.4 is 11.1 Å². The van der Waals surface area contributed by atoms with E-state index in [2.05, 4.69) is 15.5 Å². The molecule has 0 saturated heterocycles. The second-order valence-electron chi connectivity index (χ2n) is 3.98. The van der Waals surface area contributed by atoms with Gasteiger partial charge in [-0.2, -0.15) is 4.98 Å². The molecule has 0 spiro atoms. The van der Waals surface area contributed by atoms with E-state index in [0.29, 0.717) is 5.56 Å². The van der Waals surface area contributed by atoms with Crippen molar-refractivity contribution >= 4 is 11.8 Å². The summed E-state index contributed by atoms with van der Waals surface area (Å²) in [4.78, 5) is 26.4. The van der Waals surface area contributed by atoms with E-state index in [-0.39, 0.29) is 24.2 Å². The van der Waals surface area contributed by atoms with Gasteiger partial charge in [0.05, 0.1) is 12.1 Å². The van der Waals surface area contributed by atoms with E-state index in [9.17, 15) is 9.59 Å². The van der Waals surface area contributed by atoms with Crippen molar-refractivity contribution < 1.29 is 14.1 Å². The summed E-state index contributed by atoms with van der Waals surface area (Å²) in [6.45, 7) is 1.88. The SMILES string of the molecule is Cc1c(C(=O)NCc2nc(C(N)=O)no2)ccn1C. The molecule has 2 rings (SSSR count). The molecule has 0 bridgehead atoms. The predicted octanol–water partition coefficient (Wildman–Crippen LogP) is -0.255. The van der Waals surface area contributed by atoms with Gasteiger partial charge in [-0.3, -0.25) is 9.59 Å². The minimum Gasteiger partial charge on any atom is -0.363 e. The number of hydrogen-bond acceptors (Lipinski definition) is 5. The van der Waals surface area contributed by atoms with E-state index < -0.39 is 5.91 Å². The number of hydrogen-bond donors (Lipinski definition) is 2. The molecule has 2 heterocycles. The summed E-state index contributed by atoms with van der Waals surface area (Å²) in [7, 11) is 1.85. The third kappa shape index (κ3) is 2.62. The maximum atomic E-state index is 11.9. The fraction of sp³-hybridized carbons (Fsp3) is 0.273. The summed E-state index contributed by atoms with van der Waals surface area (Å²) in [5.41, 5.74) is 6.40. The molecule has 0 fully saturated rings. The molecule has 2 amide bonds. The zero-order valence-corrected chi connectivity index (χ0v) is 10.5. The van der Waals surface area contributed by atoms with Gasteiger partial charge >= 0.3 is 0 Å². The zero-order valence-electron chi connectivity index (χ0n) is 10.5. The van der Waals surface area contributed by atoms with Gasteiger partial charge < -0.3 is 20.1 Å². The number of nitrogens with zero attached hydrogens (tertiary/aromatic N) is 3. The monoisotopic (exact) mass is 263 g/mol. The van der Waals surface area contributed by atoms with Crippen LogP contribution in [0.4, 0.5) is 0 Å². The van der Waals surface area contributed by atoms with E-state index in [1.165, 1.54) is 0 Å². The number of nitrogens with two attached hydrogens (primary N) is 1. The second kappa shape index (κ2) is 4.92. The standard InChI is InChI=1S/C11H13N5O3/c1-6-7(3-4-16(6)2)11(18)13-5-8-14-10(9(12)17)15-19-8/h3-4H,5H2,1-2H3,(H2,12,17)(H,13,18). The van der Waals surface area contributed by atoms with Crippen LogP contribution in [0.1, 0.15) is 32.6 Å². The van der Waals surface area contributed by atoms with Gasteiger partial charge in [0.1, 0.15) is 0 Å². The maximum Gasteiger partial charge on any atom is 0.290 e. The molecule has 8 heteroatoms. The molecule has 0 radical (unpaired) electrons. The van der Waals surface area contributed by atoms with Gasteiger partial charge in [0.2, 0.25) is 5.89 Å². The predicted molar refractivity (Wildman–Crippen MR) is 64.1 cm³/mol. The Bertz CT molecular complexity index is 628. The first-order valence-electron chi connectivity index (χ1n) is 5.51. The summed E-state index contributed by atoms with van der Waals surface area (Å²) in [5.74, 6) is -1.12. The van der Waals surface area contributed by atoms with Crippen LogP contribution >= 0.6 is 0 Å². The highest BCUT2D eigenvalue weighted by atomic mass is 16.5. The number of carbonyl (C=O) groups excluding carboxylic acids is 2. The Morgan fingerprint density at radius 1 is 1.53 bits per heavy atom. The van der Waals surface area contributed by atoms with Gasteiger partial charge in [0.15, 0.2) is 0 Å². The Morgan fingerprint density at radius 3 is 2.79 bits per heavy atom. The second-order valence-corrected chi connectivity index (χ2v) is 3.98. The number of amides is 2. The number of nitrogens with one attached hydrogen (secondary N) is 1. The lowest BCUT2D eigenvalue weighted by Gasteiger charge is -2.02. The van der Waals surface area contributed by atoms with Crippen molar-refractivity contribution in [2.45, 2.75) is 13.5 Å². The molecule has 2 aromatic rings. The summed E-state index contributed by atoms with van der Waals surface area (Å²) in [5, 5.41) is 5.99. The van der Waals surface area contributed by atoms with Crippen LogP contribution in [0.15, 0.2) is 16.8 Å². The van der Waals surface area contributed by atoms with Crippen molar-refractivity contribution in [1.29, 1.82) is 0 Å². The van der Waals surface area contributed by atoms with E-state index in [0.717, 1.165) is 5.69 Å². The largest absolute Gasteiger partial charge is 0.363 e. The molecule has 0 unspecified atom stereocenters. The van der Waals surface area contributed by atoms with Crippen molar-refractivity contribution in [3.8, 4) is 0 Å². The number of carbonyl (C=O) groups is 2. The Kier molecular flexibility index (Phi) is 3.32. The Hall–Kier alpha value is -2.64. The van der Waals surface area contributed by atoms with Crippen LogP contribution in [0.5, 0.6) is 0 Å². The molecule has 0 aromatic carbocycles. The average Bonchev–Trinajstić information content (AvgIpc) is 2.95. The summed E-state index contributed by atoms with van der Waals surface area (Å²) < 4.78 is 6.61. The molecule has 8 nitrogen and oxygen atoms in total. The molecule has 3 N–H and O–H groups in total. The van der Waals surface area contributed by atoms with Crippen LogP contribution in [-0.2, 0) is 13.6 Å². The lowest BCUT2D eigenvalue weighted by Crippen LogP contribution is -2.23. The van der Waals surface area contributed by atoms with Gasteiger partial charge in [-0.1, -0.05) is 5.16 Å². The van der Waals surface area contributed by atoms with Gasteiger partial charge in [0.25, 0.3) is 17.6 Å². The van der Waals surface area contributed by atoms with Crippen LogP contribution in [0.25, 0.3) is 0 Å². The molecular formula is C11H13N5O3. The first kappa shape index (κ1) is 12.8. The number of primary amides is 1. The highest BCUT2D eigenvalue weighted by molar-refractivity contribution is 5.95. The van der Waals surface area contributed by atoms with E-state index in [1.54, 1.807) is 12.3 Å². The Labute approximate surface area is 108 Å². The minimum absolute atomic E-state index is 0.0352. The average molecular weight is 263 g/mol. The Morgan fingerprint density at radius 2 is 2.26 bits per heavy atom. The van der Waals surface area contributed by atoms with Crippen molar-refractivity contribution in [3.05, 3.63) is 35.2 Å². The van der Waals surface area contributed by atoms with Gasteiger partial charge in [-0.15, -0.1) is 0 Å². The third-order valence-electron chi connectivity index (χ3n) is 2.72. The fourth-order valence-corrected chi connectivity index (χ4v) is 1.53. The van der Waals surface area contributed by atoms with Gasteiger partial charge in [-0.25, -0.2) is 0 Å². The van der Waals surface area contributed by atoms with Gasteiger partial charge in [0, 0.05) is 18.9 Å². The quantitative estimate of drug-likeness (QED) is 0.788. The highest BCUT2D eigenvalue weighted by Crippen LogP contribution is 2.08. The van der Waals surface area contributed by atoms with E-state index in [1.807, 2.05) is 18.5 Å². The molecule has 0 saturated carbocycles. The normalized spacial score (nSPS) is 10.4. The van der Waals surface area contributed by atoms with Crippen LogP contribution in [0, 0.1) is 6.92 Å². The summed E-state index contributed by atoms with van der Waals surface area (Å²) in [6.07, 6.45) is 1.79. The number of aryl methyl sites for hydroxylation is 1. The van der Waals surface area contributed by atoms with E-state index >= 15 is 0 Å². The Balaban J connectivity index is 2.00. The van der Waals surface area contributed by atoms with Crippen molar-refractivity contribution in [2.75, 3.05) is 0 Å². The maximum absolute atomic E-state index is 11.9. The zero-order chi connectivity index (χ0) is 14.0. The van der Waals surface area contributed by atoms with Crippen molar-refractivity contribution in [1.82, 2.24) is 20.0 Å². The third-order valence-corrected chi connectivity index (χ3v) is 2.72. The van der Waals surface area contributed by atoms with Gasteiger partial charge in [-0.05, 0) is 13.0 Å². The number of rotatable bonds is 4. The van der Waals surface area contributed by atoms with Crippen LogP contribution in [0.3, 0.4) is 0 Å². The molecule has 0 atom stereocenters. The topological polar surface area (TPSA) is 116 Å². The summed E-state index contributed by atoms with van der Waals surface area (Å²) in [6, 6.07) is 1.72. The molecule has 2 aromatic heterocycles. The molecule has 0 aliphatic heterocycles.